The van der Waals surface area contributed by atoms with Gasteiger partial charge in [-0.3, -0.25) is 9.59 Å². The predicted octanol–water partition coefficient (Wildman–Crippen LogP) is 3.39. The summed E-state index contributed by atoms with van der Waals surface area (Å²) in [6.07, 6.45) is -0.106. The van der Waals surface area contributed by atoms with Gasteiger partial charge in [0.25, 0.3) is 0 Å². The quantitative estimate of drug-likeness (QED) is 0.645. The van der Waals surface area contributed by atoms with E-state index in [2.05, 4.69) is 5.32 Å². The summed E-state index contributed by atoms with van der Waals surface area (Å²) in [4.78, 5) is 24.0. The van der Waals surface area contributed by atoms with Crippen LogP contribution in [0.1, 0.15) is 11.1 Å². The van der Waals surface area contributed by atoms with Crippen molar-refractivity contribution >= 4 is 11.8 Å². The lowest BCUT2D eigenvalue weighted by atomic mass is 10.00. The molecule has 3 aromatic carbocycles. The maximum atomic E-state index is 13.7. The van der Waals surface area contributed by atoms with Crippen LogP contribution in [-0.2, 0) is 22.4 Å². The van der Waals surface area contributed by atoms with Crippen molar-refractivity contribution in [3.63, 3.8) is 0 Å². The van der Waals surface area contributed by atoms with E-state index in [4.69, 9.17) is 5.73 Å². The molecule has 4 nitrogen and oxygen atoms in total. The van der Waals surface area contributed by atoms with Crippen LogP contribution < -0.4 is 11.1 Å². The number of hydrogen-bond donors (Lipinski definition) is 2. The minimum absolute atomic E-state index is 0.0411. The standard InChI is InChI=1S/C23H20F2N2O2/c24-19-11-10-18(20(25)14-19)13-22(28)27-21(23(26)29)12-15-6-8-17(9-7-15)16-4-2-1-3-5-16/h1-11,14,21H,12-13H2,(H2,26,29)(H,27,28)/t21-/m1/s1. The highest BCUT2D eigenvalue weighted by molar-refractivity contribution is 5.87. The number of primary amides is 1. The Hall–Kier alpha value is -3.54. The molecule has 0 bridgehead atoms. The Morgan fingerprint density at radius 1 is 0.897 bits per heavy atom. The van der Waals surface area contributed by atoms with Gasteiger partial charge >= 0.3 is 0 Å². The number of carbonyl (C=O) groups excluding carboxylic acids is 2. The summed E-state index contributed by atoms with van der Waals surface area (Å²) in [7, 11) is 0. The maximum absolute atomic E-state index is 13.7. The minimum atomic E-state index is -0.936. The molecule has 3 rings (SSSR count). The lowest BCUT2D eigenvalue weighted by Gasteiger charge is -2.16. The smallest absolute Gasteiger partial charge is 0.240 e. The van der Waals surface area contributed by atoms with Gasteiger partial charge in [-0.1, -0.05) is 60.7 Å². The fourth-order valence-electron chi connectivity index (χ4n) is 3.01. The van der Waals surface area contributed by atoms with E-state index in [0.717, 1.165) is 22.8 Å². The topological polar surface area (TPSA) is 72.2 Å². The molecule has 0 aliphatic carbocycles. The second kappa shape index (κ2) is 9.10. The summed E-state index contributed by atoms with van der Waals surface area (Å²) >= 11 is 0. The molecule has 0 fully saturated rings. The van der Waals surface area contributed by atoms with Crippen LogP contribution in [0.2, 0.25) is 0 Å². The van der Waals surface area contributed by atoms with Crippen molar-refractivity contribution < 1.29 is 18.4 Å². The highest BCUT2D eigenvalue weighted by Gasteiger charge is 2.19. The lowest BCUT2D eigenvalue weighted by Crippen LogP contribution is -2.46. The number of hydrogen-bond acceptors (Lipinski definition) is 2. The normalized spacial score (nSPS) is 11.7. The van der Waals surface area contributed by atoms with E-state index in [1.54, 1.807) is 0 Å². The fraction of sp³-hybridized carbons (Fsp3) is 0.130. The number of carbonyl (C=O) groups is 2. The zero-order chi connectivity index (χ0) is 20.8. The van der Waals surface area contributed by atoms with E-state index >= 15 is 0 Å². The number of amides is 2. The highest BCUT2D eigenvalue weighted by atomic mass is 19.1. The first-order valence-corrected chi connectivity index (χ1v) is 9.09. The van der Waals surface area contributed by atoms with Gasteiger partial charge in [-0.2, -0.15) is 0 Å². The Labute approximate surface area is 167 Å². The average Bonchev–Trinajstić information content (AvgIpc) is 2.71. The first-order valence-electron chi connectivity index (χ1n) is 9.09. The molecule has 0 heterocycles. The zero-order valence-corrected chi connectivity index (χ0v) is 15.6. The molecule has 3 aromatic rings. The molecule has 0 radical (unpaired) electrons. The molecule has 1 atom stereocenters. The van der Waals surface area contributed by atoms with Gasteiger partial charge in [0, 0.05) is 12.5 Å². The number of nitrogens with two attached hydrogens (primary N) is 1. The molecule has 2 amide bonds. The molecule has 6 heteroatoms. The van der Waals surface area contributed by atoms with Crippen LogP contribution in [0, 0.1) is 11.6 Å². The van der Waals surface area contributed by atoms with Crippen LogP contribution in [0.15, 0.2) is 72.8 Å². The predicted molar refractivity (Wildman–Crippen MR) is 107 cm³/mol. The number of nitrogens with one attached hydrogen (secondary N) is 1. The summed E-state index contributed by atoms with van der Waals surface area (Å²) in [6, 6.07) is 19.5. The molecule has 0 aliphatic heterocycles. The SMILES string of the molecule is NC(=O)[C@@H](Cc1ccc(-c2ccccc2)cc1)NC(=O)Cc1ccc(F)cc1F. The molecular weight excluding hydrogens is 374 g/mol. The van der Waals surface area contributed by atoms with Crippen molar-refractivity contribution in [1.82, 2.24) is 5.32 Å². The summed E-state index contributed by atoms with van der Waals surface area (Å²) < 4.78 is 26.7. The molecule has 0 aliphatic rings. The van der Waals surface area contributed by atoms with E-state index in [1.165, 1.54) is 6.07 Å². The molecule has 148 valence electrons. The third-order valence-electron chi connectivity index (χ3n) is 4.55. The average molecular weight is 394 g/mol. The monoisotopic (exact) mass is 394 g/mol. The Bertz CT molecular complexity index is 1010. The second-order valence-electron chi connectivity index (χ2n) is 6.70. The molecule has 29 heavy (non-hydrogen) atoms. The van der Waals surface area contributed by atoms with E-state index in [0.29, 0.717) is 6.07 Å². The Morgan fingerprint density at radius 3 is 2.17 bits per heavy atom. The molecule has 0 unspecified atom stereocenters. The van der Waals surface area contributed by atoms with Crippen molar-refractivity contribution in [3.05, 3.63) is 95.6 Å². The van der Waals surface area contributed by atoms with Gasteiger partial charge in [-0.25, -0.2) is 8.78 Å². The lowest BCUT2D eigenvalue weighted by molar-refractivity contribution is -0.127. The van der Waals surface area contributed by atoms with Crippen LogP contribution in [0.25, 0.3) is 11.1 Å². The largest absolute Gasteiger partial charge is 0.368 e. The number of halogens is 2. The van der Waals surface area contributed by atoms with Gasteiger partial charge in [-0.05, 0) is 28.3 Å². The summed E-state index contributed by atoms with van der Waals surface area (Å²) in [5.41, 5.74) is 8.38. The van der Waals surface area contributed by atoms with Crippen LogP contribution in [0.5, 0.6) is 0 Å². The summed E-state index contributed by atoms with van der Waals surface area (Å²) in [6.45, 7) is 0. The molecule has 0 spiro atoms. The third-order valence-corrected chi connectivity index (χ3v) is 4.55. The van der Waals surface area contributed by atoms with E-state index in [9.17, 15) is 18.4 Å². The summed E-state index contributed by atoms with van der Waals surface area (Å²) in [5, 5.41) is 2.53. The van der Waals surface area contributed by atoms with Crippen LogP contribution in [0.3, 0.4) is 0 Å². The molecule has 0 aromatic heterocycles. The second-order valence-corrected chi connectivity index (χ2v) is 6.70. The fourth-order valence-corrected chi connectivity index (χ4v) is 3.01. The third kappa shape index (κ3) is 5.48. The zero-order valence-electron chi connectivity index (χ0n) is 15.6. The van der Waals surface area contributed by atoms with Crippen molar-refractivity contribution in [3.8, 4) is 11.1 Å². The summed E-state index contributed by atoms with van der Waals surface area (Å²) in [5.74, 6) is -2.79. The van der Waals surface area contributed by atoms with E-state index in [-0.39, 0.29) is 18.4 Å². The minimum Gasteiger partial charge on any atom is -0.368 e. The Kier molecular flexibility index (Phi) is 6.34. The number of benzene rings is 3. The molecule has 0 saturated carbocycles. The van der Waals surface area contributed by atoms with Crippen LogP contribution in [-0.4, -0.2) is 17.9 Å². The van der Waals surface area contributed by atoms with Crippen molar-refractivity contribution in [2.24, 2.45) is 5.73 Å². The Morgan fingerprint density at radius 2 is 1.55 bits per heavy atom. The van der Waals surface area contributed by atoms with Gasteiger partial charge in [0.2, 0.25) is 11.8 Å². The van der Waals surface area contributed by atoms with E-state index in [1.807, 2.05) is 54.6 Å². The van der Waals surface area contributed by atoms with E-state index < -0.39 is 29.5 Å². The molecule has 0 saturated heterocycles. The maximum Gasteiger partial charge on any atom is 0.240 e. The first kappa shape index (κ1) is 20.2. The van der Waals surface area contributed by atoms with Gasteiger partial charge in [0.15, 0.2) is 0 Å². The van der Waals surface area contributed by atoms with Crippen molar-refractivity contribution in [2.75, 3.05) is 0 Å². The van der Waals surface area contributed by atoms with Crippen LogP contribution >= 0.6 is 0 Å². The van der Waals surface area contributed by atoms with Gasteiger partial charge in [0.1, 0.15) is 17.7 Å². The highest BCUT2D eigenvalue weighted by Crippen LogP contribution is 2.19. The van der Waals surface area contributed by atoms with Gasteiger partial charge in [-0.15, -0.1) is 0 Å². The van der Waals surface area contributed by atoms with Gasteiger partial charge in [0.05, 0.1) is 6.42 Å². The Balaban J connectivity index is 1.65. The number of rotatable bonds is 7. The van der Waals surface area contributed by atoms with Crippen LogP contribution in [0.4, 0.5) is 8.78 Å². The molecular formula is C23H20F2N2O2. The van der Waals surface area contributed by atoms with Crippen molar-refractivity contribution in [2.45, 2.75) is 18.9 Å². The van der Waals surface area contributed by atoms with Crippen molar-refractivity contribution in [1.29, 1.82) is 0 Å². The first-order chi connectivity index (χ1) is 13.9. The molecule has 3 N–H and O–H groups in total. The van der Waals surface area contributed by atoms with Gasteiger partial charge < -0.3 is 11.1 Å².